The highest BCUT2D eigenvalue weighted by atomic mass is 16.5. The Morgan fingerprint density at radius 3 is 2.77 bits per heavy atom. The van der Waals surface area contributed by atoms with Crippen molar-refractivity contribution in [1.82, 2.24) is 10.4 Å². The van der Waals surface area contributed by atoms with E-state index in [0.29, 0.717) is 24.9 Å². The lowest BCUT2D eigenvalue weighted by Gasteiger charge is -2.23. The number of likely N-dealkylation sites (tertiary alicyclic amines) is 1. The number of nitrogens with zero attached hydrogens (tertiary/aromatic N) is 1. The van der Waals surface area contributed by atoms with E-state index in [1.165, 1.54) is 11.1 Å². The number of nitrogens with one attached hydrogen (secondary N) is 1. The van der Waals surface area contributed by atoms with Crippen molar-refractivity contribution in [2.45, 2.75) is 39.0 Å². The van der Waals surface area contributed by atoms with E-state index >= 15 is 0 Å². The smallest absolute Gasteiger partial charge is 0.229 e. The molecule has 4 rings (SSSR count). The Balaban J connectivity index is 1.58. The van der Waals surface area contributed by atoms with E-state index in [1.54, 1.807) is 6.07 Å². The molecule has 2 aromatic rings. The van der Waals surface area contributed by atoms with Gasteiger partial charge in [-0.25, -0.2) is 0 Å². The molecule has 1 saturated heterocycles. The van der Waals surface area contributed by atoms with Gasteiger partial charge in [-0.15, -0.1) is 0 Å². The summed E-state index contributed by atoms with van der Waals surface area (Å²) in [5, 5.41) is 19.1. The number of hydroxylamine groups is 1. The fourth-order valence-electron chi connectivity index (χ4n) is 4.49. The number of hydrogen-bond acceptors (Lipinski definition) is 4. The quantitative estimate of drug-likeness (QED) is 0.584. The summed E-state index contributed by atoms with van der Waals surface area (Å²) in [5.41, 5.74) is 6.65. The second-order valence-corrected chi connectivity index (χ2v) is 7.55. The molecule has 2 atom stereocenters. The average molecular weight is 352 g/mol. The van der Waals surface area contributed by atoms with E-state index in [2.05, 4.69) is 19.1 Å². The molecule has 3 N–H and O–H groups in total. The molecule has 1 aliphatic heterocycles. The van der Waals surface area contributed by atoms with E-state index < -0.39 is 11.6 Å². The van der Waals surface area contributed by atoms with Gasteiger partial charge < -0.3 is 15.2 Å². The van der Waals surface area contributed by atoms with E-state index in [1.807, 2.05) is 34.6 Å². The summed E-state index contributed by atoms with van der Waals surface area (Å²) >= 11 is 0. The Bertz CT molecular complexity index is 851. The number of hydrogen-bond donors (Lipinski definition) is 3. The molecule has 2 aliphatic rings. The fraction of sp³-hybridized carbons (Fsp3) is 0.381. The SMILES string of the molecule is Cc1ccccc1CN1CCC2(Cc3cccc(C(O)NO)c3C2)C1=O. The van der Waals surface area contributed by atoms with Crippen molar-refractivity contribution in [3.63, 3.8) is 0 Å². The number of amides is 1. The molecule has 0 bridgehead atoms. The Morgan fingerprint density at radius 2 is 2.00 bits per heavy atom. The van der Waals surface area contributed by atoms with Gasteiger partial charge in [0.25, 0.3) is 0 Å². The zero-order chi connectivity index (χ0) is 18.3. The van der Waals surface area contributed by atoms with Crippen LogP contribution in [-0.4, -0.2) is 27.7 Å². The molecule has 1 amide bonds. The van der Waals surface area contributed by atoms with Crippen molar-refractivity contribution in [3.05, 3.63) is 70.3 Å². The Hall–Kier alpha value is -2.21. The maximum absolute atomic E-state index is 13.3. The number of aliphatic hydroxyl groups excluding tert-OH is 1. The molecule has 0 radical (unpaired) electrons. The van der Waals surface area contributed by atoms with Gasteiger partial charge in [-0.3, -0.25) is 4.79 Å². The van der Waals surface area contributed by atoms with Crippen molar-refractivity contribution < 1.29 is 15.1 Å². The predicted octanol–water partition coefficient (Wildman–Crippen LogP) is 2.48. The molecule has 1 spiro atoms. The van der Waals surface area contributed by atoms with Crippen LogP contribution in [-0.2, 0) is 24.2 Å². The zero-order valence-corrected chi connectivity index (χ0v) is 14.9. The molecule has 1 heterocycles. The lowest BCUT2D eigenvalue weighted by Crippen LogP contribution is -2.35. The lowest BCUT2D eigenvalue weighted by molar-refractivity contribution is -0.136. The topological polar surface area (TPSA) is 72.8 Å². The third kappa shape index (κ3) is 2.72. The van der Waals surface area contributed by atoms with Crippen LogP contribution >= 0.6 is 0 Å². The molecule has 5 heteroatoms. The summed E-state index contributed by atoms with van der Waals surface area (Å²) in [6, 6.07) is 13.9. The highest BCUT2D eigenvalue weighted by Gasteiger charge is 2.50. The first-order valence-corrected chi connectivity index (χ1v) is 9.06. The number of carbonyl (C=O) groups is 1. The molecule has 0 aromatic heterocycles. The van der Waals surface area contributed by atoms with Gasteiger partial charge in [0.1, 0.15) is 0 Å². The summed E-state index contributed by atoms with van der Waals surface area (Å²) in [6.45, 7) is 3.49. The van der Waals surface area contributed by atoms with Gasteiger partial charge in [-0.2, -0.15) is 5.48 Å². The van der Waals surface area contributed by atoms with E-state index in [-0.39, 0.29) is 5.91 Å². The summed E-state index contributed by atoms with van der Waals surface area (Å²) in [4.78, 5) is 15.2. The van der Waals surface area contributed by atoms with E-state index in [4.69, 9.17) is 5.21 Å². The van der Waals surface area contributed by atoms with Crippen molar-refractivity contribution >= 4 is 5.91 Å². The average Bonchev–Trinajstić information content (AvgIpc) is 3.17. The number of rotatable bonds is 4. The standard InChI is InChI=1S/C21H24N2O3/c1-14-5-2-3-6-16(14)13-23-10-9-21(20(23)25)11-15-7-4-8-17(18(15)12-21)19(24)22-26/h2-8,19,22,24,26H,9-13H2,1H3. The first kappa shape index (κ1) is 17.2. The third-order valence-corrected chi connectivity index (χ3v) is 5.99. The Morgan fingerprint density at radius 1 is 1.19 bits per heavy atom. The minimum Gasteiger partial charge on any atom is -0.372 e. The largest absolute Gasteiger partial charge is 0.372 e. The van der Waals surface area contributed by atoms with Gasteiger partial charge in [0.05, 0.1) is 5.41 Å². The van der Waals surface area contributed by atoms with Gasteiger partial charge in [0, 0.05) is 18.7 Å². The molecule has 1 fully saturated rings. The van der Waals surface area contributed by atoms with Crippen LogP contribution in [0.1, 0.15) is 40.5 Å². The molecule has 2 aromatic carbocycles. The van der Waals surface area contributed by atoms with Crippen molar-refractivity contribution in [2.24, 2.45) is 5.41 Å². The number of fused-ring (bicyclic) bond motifs is 1. The zero-order valence-electron chi connectivity index (χ0n) is 14.9. The molecule has 136 valence electrons. The van der Waals surface area contributed by atoms with Crippen molar-refractivity contribution in [3.8, 4) is 0 Å². The highest BCUT2D eigenvalue weighted by molar-refractivity contribution is 5.86. The number of benzene rings is 2. The van der Waals surface area contributed by atoms with Crippen LogP contribution < -0.4 is 5.48 Å². The van der Waals surface area contributed by atoms with Gasteiger partial charge >= 0.3 is 0 Å². The Kier molecular flexibility index (Phi) is 4.31. The summed E-state index contributed by atoms with van der Waals surface area (Å²) in [5.74, 6) is 0.203. The van der Waals surface area contributed by atoms with Gasteiger partial charge in [0.2, 0.25) is 5.91 Å². The number of aliphatic hydroxyl groups is 1. The normalized spacial score (nSPS) is 22.9. The summed E-state index contributed by atoms with van der Waals surface area (Å²) in [6.07, 6.45) is 1.03. The fourth-order valence-corrected chi connectivity index (χ4v) is 4.49. The Labute approximate surface area is 153 Å². The molecule has 5 nitrogen and oxygen atoms in total. The highest BCUT2D eigenvalue weighted by Crippen LogP contribution is 2.46. The molecular weight excluding hydrogens is 328 g/mol. The first-order valence-electron chi connectivity index (χ1n) is 9.06. The molecule has 2 unspecified atom stereocenters. The second-order valence-electron chi connectivity index (χ2n) is 7.55. The summed E-state index contributed by atoms with van der Waals surface area (Å²) < 4.78 is 0. The van der Waals surface area contributed by atoms with Crippen LogP contribution in [0.25, 0.3) is 0 Å². The predicted molar refractivity (Wildman–Crippen MR) is 97.4 cm³/mol. The summed E-state index contributed by atoms with van der Waals surface area (Å²) in [7, 11) is 0. The van der Waals surface area contributed by atoms with Crippen LogP contribution in [0.3, 0.4) is 0 Å². The van der Waals surface area contributed by atoms with Crippen LogP contribution in [0.15, 0.2) is 42.5 Å². The van der Waals surface area contributed by atoms with E-state index in [9.17, 15) is 9.90 Å². The third-order valence-electron chi connectivity index (χ3n) is 5.99. The van der Waals surface area contributed by atoms with Gasteiger partial charge in [-0.05, 0) is 48.4 Å². The van der Waals surface area contributed by atoms with Crippen molar-refractivity contribution in [1.29, 1.82) is 0 Å². The monoisotopic (exact) mass is 352 g/mol. The number of aryl methyl sites for hydroxylation is 1. The number of carbonyl (C=O) groups excluding carboxylic acids is 1. The van der Waals surface area contributed by atoms with Crippen LogP contribution in [0.5, 0.6) is 0 Å². The maximum atomic E-state index is 13.3. The minimum absolute atomic E-state index is 0.203. The molecule has 1 aliphatic carbocycles. The van der Waals surface area contributed by atoms with Gasteiger partial charge in [-0.1, -0.05) is 42.5 Å². The molecule has 26 heavy (non-hydrogen) atoms. The van der Waals surface area contributed by atoms with E-state index in [0.717, 1.165) is 24.1 Å². The van der Waals surface area contributed by atoms with Gasteiger partial charge in [0.15, 0.2) is 6.23 Å². The maximum Gasteiger partial charge on any atom is 0.229 e. The second kappa shape index (κ2) is 6.50. The first-order chi connectivity index (χ1) is 12.5. The van der Waals surface area contributed by atoms with Crippen LogP contribution in [0.2, 0.25) is 0 Å². The van der Waals surface area contributed by atoms with Crippen molar-refractivity contribution in [2.75, 3.05) is 6.54 Å². The molecular formula is C21H24N2O3. The van der Waals surface area contributed by atoms with Crippen LogP contribution in [0, 0.1) is 12.3 Å². The van der Waals surface area contributed by atoms with Crippen LogP contribution in [0.4, 0.5) is 0 Å². The molecule has 0 saturated carbocycles. The lowest BCUT2D eigenvalue weighted by atomic mass is 9.83. The minimum atomic E-state index is -1.13.